The first-order valence-electron chi connectivity index (χ1n) is 11.7. The number of imide groups is 1. The molecule has 0 atom stereocenters. The lowest BCUT2D eigenvalue weighted by molar-refractivity contribution is -0.384. The predicted molar refractivity (Wildman–Crippen MR) is 136 cm³/mol. The van der Waals surface area contributed by atoms with Gasteiger partial charge in [0.1, 0.15) is 17.0 Å². The molecule has 11 heteroatoms. The quantitative estimate of drug-likeness (QED) is 0.301. The van der Waals surface area contributed by atoms with Crippen LogP contribution in [0.4, 0.5) is 35.4 Å². The Hall–Kier alpha value is -3.76. The average Bonchev–Trinajstić information content (AvgIpc) is 2.72. The monoisotopic (exact) mass is 521 g/mol. The summed E-state index contributed by atoms with van der Waals surface area (Å²) >= 11 is 0. The van der Waals surface area contributed by atoms with Gasteiger partial charge in [0, 0.05) is 19.2 Å². The molecule has 0 N–H and O–H groups in total. The molecule has 2 rings (SSSR count). The van der Waals surface area contributed by atoms with E-state index in [4.69, 9.17) is 9.47 Å². The number of rotatable bonds is 6. The highest BCUT2D eigenvalue weighted by Crippen LogP contribution is 2.39. The Balaban J connectivity index is 2.73. The van der Waals surface area contributed by atoms with Gasteiger partial charge < -0.3 is 14.4 Å². The van der Waals surface area contributed by atoms with Crippen molar-refractivity contribution in [2.24, 2.45) is 0 Å². The van der Waals surface area contributed by atoms with Crippen LogP contribution in [0.5, 0.6) is 0 Å². The van der Waals surface area contributed by atoms with E-state index in [1.54, 1.807) is 24.8 Å². The van der Waals surface area contributed by atoms with Crippen molar-refractivity contribution in [3.05, 3.63) is 63.2 Å². The number of amides is 2. The van der Waals surface area contributed by atoms with E-state index < -0.39 is 51.3 Å². The summed E-state index contributed by atoms with van der Waals surface area (Å²) in [4.78, 5) is 38.9. The van der Waals surface area contributed by atoms with E-state index in [2.05, 4.69) is 0 Å². The van der Waals surface area contributed by atoms with Gasteiger partial charge in [-0.1, -0.05) is 6.07 Å². The van der Waals surface area contributed by atoms with E-state index in [0.29, 0.717) is 11.1 Å². The third-order valence-electron chi connectivity index (χ3n) is 5.04. The Kier molecular flexibility index (Phi) is 8.84. The van der Waals surface area contributed by atoms with Crippen molar-refractivity contribution >= 4 is 29.2 Å². The SMILES string of the molecule is CCN(Cc1ccc(F)cc1C)c1ccc([N+](=O)[O-])c(N(C(=O)OC(C)(C)C)C(=O)OC(C)(C)C)c1F. The molecule has 2 aromatic carbocycles. The number of nitrogens with zero attached hydrogens (tertiary/aromatic N) is 3. The van der Waals surface area contributed by atoms with Crippen LogP contribution in [0.15, 0.2) is 30.3 Å². The van der Waals surface area contributed by atoms with Crippen molar-refractivity contribution in [2.45, 2.75) is 73.1 Å². The molecule has 0 spiro atoms. The summed E-state index contributed by atoms with van der Waals surface area (Å²) in [6, 6.07) is 6.39. The highest BCUT2D eigenvalue weighted by Gasteiger charge is 2.40. The summed E-state index contributed by atoms with van der Waals surface area (Å²) in [5.74, 6) is -1.61. The summed E-state index contributed by atoms with van der Waals surface area (Å²) < 4.78 is 40.3. The number of benzene rings is 2. The van der Waals surface area contributed by atoms with Crippen molar-refractivity contribution in [2.75, 3.05) is 16.3 Å². The van der Waals surface area contributed by atoms with E-state index in [-0.39, 0.29) is 23.7 Å². The number of carbonyl (C=O) groups is 2. The molecular weight excluding hydrogens is 488 g/mol. The zero-order chi connectivity index (χ0) is 28.3. The van der Waals surface area contributed by atoms with Gasteiger partial charge in [-0.15, -0.1) is 0 Å². The Morgan fingerprint density at radius 3 is 1.95 bits per heavy atom. The number of nitro benzene ring substituents is 1. The van der Waals surface area contributed by atoms with Crippen LogP contribution >= 0.6 is 0 Å². The number of halogens is 2. The van der Waals surface area contributed by atoms with Crippen LogP contribution in [0.25, 0.3) is 0 Å². The van der Waals surface area contributed by atoms with Gasteiger partial charge in [-0.05, 0) is 84.7 Å². The van der Waals surface area contributed by atoms with Crippen LogP contribution in [0.1, 0.15) is 59.6 Å². The molecule has 0 saturated heterocycles. The fraction of sp³-hybridized carbons (Fsp3) is 0.462. The van der Waals surface area contributed by atoms with Crippen LogP contribution in [0.2, 0.25) is 0 Å². The van der Waals surface area contributed by atoms with Gasteiger partial charge in [-0.2, -0.15) is 4.90 Å². The molecule has 9 nitrogen and oxygen atoms in total. The number of ether oxygens (including phenoxy) is 2. The maximum absolute atomic E-state index is 16.2. The molecule has 0 aliphatic heterocycles. The fourth-order valence-electron chi connectivity index (χ4n) is 3.43. The number of aryl methyl sites for hydroxylation is 1. The number of anilines is 2. The lowest BCUT2D eigenvalue weighted by Gasteiger charge is -2.30. The van der Waals surface area contributed by atoms with E-state index in [1.807, 2.05) is 0 Å². The molecule has 0 saturated carbocycles. The number of carbonyl (C=O) groups excluding carboxylic acids is 2. The van der Waals surface area contributed by atoms with Gasteiger partial charge in [0.05, 0.1) is 10.6 Å². The standard InChI is InChI=1S/C26H33F2N3O6/c1-9-29(15-17-10-11-18(27)14-16(17)2)19-12-13-20(31(34)35)22(21(19)28)30(23(32)36-25(3,4)5)24(33)37-26(6,7)8/h10-14H,9,15H2,1-8H3. The number of hydrogen-bond donors (Lipinski definition) is 0. The highest BCUT2D eigenvalue weighted by molar-refractivity contribution is 6.11. The average molecular weight is 522 g/mol. The molecular formula is C26H33F2N3O6. The molecule has 0 heterocycles. The maximum atomic E-state index is 16.2. The van der Waals surface area contributed by atoms with Crippen LogP contribution in [0, 0.1) is 28.7 Å². The molecule has 2 aromatic rings. The van der Waals surface area contributed by atoms with Crippen LogP contribution in [-0.2, 0) is 16.0 Å². The Labute approximate surface area is 215 Å². The number of nitro groups is 1. The lowest BCUT2D eigenvalue weighted by Crippen LogP contribution is -2.44. The van der Waals surface area contributed by atoms with Crippen molar-refractivity contribution in [1.82, 2.24) is 0 Å². The highest BCUT2D eigenvalue weighted by atomic mass is 19.1. The van der Waals surface area contributed by atoms with Gasteiger partial charge in [0.15, 0.2) is 11.5 Å². The third kappa shape index (κ3) is 7.61. The normalized spacial score (nSPS) is 11.6. The van der Waals surface area contributed by atoms with E-state index >= 15 is 4.39 Å². The molecule has 2 amide bonds. The topological polar surface area (TPSA) is 102 Å². The van der Waals surface area contributed by atoms with Crippen LogP contribution in [0.3, 0.4) is 0 Å². The van der Waals surface area contributed by atoms with Gasteiger partial charge in [0.2, 0.25) is 0 Å². The van der Waals surface area contributed by atoms with E-state index in [9.17, 15) is 24.1 Å². The minimum Gasteiger partial charge on any atom is -0.443 e. The van der Waals surface area contributed by atoms with Gasteiger partial charge >= 0.3 is 12.2 Å². The summed E-state index contributed by atoms with van der Waals surface area (Å²) in [6.45, 7) is 13.0. The summed E-state index contributed by atoms with van der Waals surface area (Å²) in [5, 5.41) is 11.9. The molecule has 0 aliphatic rings. The molecule has 0 aromatic heterocycles. The molecule has 0 radical (unpaired) electrons. The minimum absolute atomic E-state index is 0.107. The summed E-state index contributed by atoms with van der Waals surface area (Å²) in [6.07, 6.45) is -2.67. The van der Waals surface area contributed by atoms with Crippen molar-refractivity contribution in [3.63, 3.8) is 0 Å². The lowest BCUT2D eigenvalue weighted by atomic mass is 10.1. The van der Waals surface area contributed by atoms with Gasteiger partial charge in [-0.3, -0.25) is 10.1 Å². The predicted octanol–water partition coefficient (Wildman–Crippen LogP) is 6.88. The smallest absolute Gasteiger partial charge is 0.424 e. The Bertz CT molecular complexity index is 1160. The molecule has 37 heavy (non-hydrogen) atoms. The zero-order valence-electron chi connectivity index (χ0n) is 22.3. The first-order chi connectivity index (χ1) is 16.9. The molecule has 0 bridgehead atoms. The van der Waals surface area contributed by atoms with Crippen molar-refractivity contribution in [3.8, 4) is 0 Å². The van der Waals surface area contributed by atoms with Crippen molar-refractivity contribution < 1.29 is 32.8 Å². The van der Waals surface area contributed by atoms with E-state index in [0.717, 1.165) is 6.07 Å². The molecule has 202 valence electrons. The molecule has 0 fully saturated rings. The Morgan fingerprint density at radius 1 is 0.973 bits per heavy atom. The maximum Gasteiger partial charge on any atom is 0.424 e. The first-order valence-corrected chi connectivity index (χ1v) is 11.7. The van der Waals surface area contributed by atoms with E-state index in [1.165, 1.54) is 59.7 Å². The van der Waals surface area contributed by atoms with Gasteiger partial charge in [-0.25, -0.2) is 18.4 Å². The zero-order valence-corrected chi connectivity index (χ0v) is 22.3. The van der Waals surface area contributed by atoms with Crippen LogP contribution in [-0.4, -0.2) is 34.9 Å². The van der Waals surface area contributed by atoms with Crippen LogP contribution < -0.4 is 9.80 Å². The first kappa shape index (κ1) is 29.5. The molecule has 0 aliphatic carbocycles. The second-order valence-electron chi connectivity index (χ2n) is 10.4. The summed E-state index contributed by atoms with van der Waals surface area (Å²) in [5.41, 5.74) is -2.72. The minimum atomic E-state index is -1.33. The largest absolute Gasteiger partial charge is 0.443 e. The second-order valence-corrected chi connectivity index (χ2v) is 10.4. The van der Waals surface area contributed by atoms with Gasteiger partial charge in [0.25, 0.3) is 5.69 Å². The summed E-state index contributed by atoms with van der Waals surface area (Å²) in [7, 11) is 0. The second kappa shape index (κ2) is 11.1. The third-order valence-corrected chi connectivity index (χ3v) is 5.04. The molecule has 0 unspecified atom stereocenters. The van der Waals surface area contributed by atoms with Crippen molar-refractivity contribution in [1.29, 1.82) is 0 Å². The Morgan fingerprint density at radius 2 is 1.51 bits per heavy atom. The number of hydrogen-bond acceptors (Lipinski definition) is 7. The fourth-order valence-corrected chi connectivity index (χ4v) is 3.43.